The van der Waals surface area contributed by atoms with Crippen molar-refractivity contribution in [3.63, 3.8) is 0 Å². The van der Waals surface area contributed by atoms with Crippen molar-refractivity contribution in [3.8, 4) is 27.6 Å². The minimum Gasteiger partial charge on any atom is -0.506 e. The number of halogens is 1. The highest BCUT2D eigenvalue weighted by molar-refractivity contribution is 7.29. The number of aromatic nitrogens is 5. The lowest BCUT2D eigenvalue weighted by molar-refractivity contribution is 0.443. The average Bonchev–Trinajstić information content (AvgIpc) is 3.44. The highest BCUT2D eigenvalue weighted by Crippen LogP contribution is 2.39. The molecule has 1 aliphatic heterocycles. The van der Waals surface area contributed by atoms with Crippen LogP contribution in [0.3, 0.4) is 0 Å². The molecule has 11 heteroatoms. The summed E-state index contributed by atoms with van der Waals surface area (Å²) in [5, 5.41) is 22.2. The summed E-state index contributed by atoms with van der Waals surface area (Å²) in [4.78, 5) is 17.9. The van der Waals surface area contributed by atoms with Crippen LogP contribution in [0.2, 0.25) is 0 Å². The van der Waals surface area contributed by atoms with E-state index in [0.29, 0.717) is 16.7 Å². The third-order valence-electron chi connectivity index (χ3n) is 5.02. The van der Waals surface area contributed by atoms with Gasteiger partial charge in [-0.3, -0.25) is 5.10 Å². The molecular weight excluding hydrogens is 430 g/mol. The summed E-state index contributed by atoms with van der Waals surface area (Å²) in [6, 6.07) is 2.20. The van der Waals surface area contributed by atoms with Crippen LogP contribution in [0.25, 0.3) is 31.5 Å². The molecule has 152 valence electrons. The van der Waals surface area contributed by atoms with Gasteiger partial charge < -0.3 is 15.3 Å². The van der Waals surface area contributed by atoms with Gasteiger partial charge >= 0.3 is 0 Å². The molecule has 29 heavy (non-hydrogen) atoms. The van der Waals surface area contributed by atoms with Crippen LogP contribution in [0, 0.1) is 0 Å². The first-order chi connectivity index (χ1) is 13.7. The van der Waals surface area contributed by atoms with Crippen molar-refractivity contribution in [2.75, 3.05) is 25.0 Å². The molecule has 1 fully saturated rings. The molecule has 5 rings (SSSR count). The minimum absolute atomic E-state index is 0. The largest absolute Gasteiger partial charge is 0.506 e. The molecule has 0 bridgehead atoms. The van der Waals surface area contributed by atoms with E-state index in [-0.39, 0.29) is 18.2 Å². The first kappa shape index (κ1) is 20.0. The molecule has 0 aliphatic carbocycles. The van der Waals surface area contributed by atoms with Crippen LogP contribution < -0.4 is 10.2 Å². The average molecular weight is 450 g/mol. The number of pyridine rings is 1. The number of nitrogens with one attached hydrogen (secondary N) is 2. The molecular formula is C18H20ClN7OS2. The monoisotopic (exact) mass is 449 g/mol. The maximum atomic E-state index is 10.5. The van der Waals surface area contributed by atoms with Gasteiger partial charge in [0.15, 0.2) is 14.8 Å². The smallest absolute Gasteiger partial charge is 0.188 e. The van der Waals surface area contributed by atoms with Crippen LogP contribution in [0.5, 0.6) is 5.75 Å². The predicted molar refractivity (Wildman–Crippen MR) is 119 cm³/mol. The Bertz CT molecular complexity index is 1070. The van der Waals surface area contributed by atoms with E-state index in [9.17, 15) is 5.11 Å². The predicted octanol–water partition coefficient (Wildman–Crippen LogP) is 3.52. The molecule has 0 aromatic carbocycles. The van der Waals surface area contributed by atoms with Crippen molar-refractivity contribution in [1.82, 2.24) is 30.5 Å². The summed E-state index contributed by atoms with van der Waals surface area (Å²) in [5.74, 6) is 0.104. The van der Waals surface area contributed by atoms with Gasteiger partial charge in [-0.15, -0.1) is 12.4 Å². The van der Waals surface area contributed by atoms with E-state index in [1.54, 1.807) is 36.0 Å². The summed E-state index contributed by atoms with van der Waals surface area (Å²) in [6.45, 7) is 2.10. The molecule has 0 amide bonds. The van der Waals surface area contributed by atoms with Crippen LogP contribution in [-0.4, -0.2) is 56.4 Å². The van der Waals surface area contributed by atoms with Crippen LogP contribution in [0.4, 0.5) is 5.13 Å². The lowest BCUT2D eigenvalue weighted by Gasteiger charge is -2.31. The van der Waals surface area contributed by atoms with Crippen molar-refractivity contribution in [1.29, 1.82) is 0 Å². The number of hydrogen-bond acceptors (Lipinski definition) is 9. The van der Waals surface area contributed by atoms with Crippen molar-refractivity contribution >= 4 is 49.9 Å². The Morgan fingerprint density at radius 2 is 1.90 bits per heavy atom. The fourth-order valence-corrected chi connectivity index (χ4v) is 5.50. The van der Waals surface area contributed by atoms with Crippen LogP contribution in [0.1, 0.15) is 12.8 Å². The number of piperidine rings is 1. The Balaban J connectivity index is 0.00000205. The van der Waals surface area contributed by atoms with Gasteiger partial charge in [-0.05, 0) is 32.0 Å². The van der Waals surface area contributed by atoms with Crippen molar-refractivity contribution in [2.24, 2.45) is 0 Å². The number of aromatic hydroxyl groups is 1. The third-order valence-corrected chi connectivity index (χ3v) is 7.15. The van der Waals surface area contributed by atoms with E-state index in [4.69, 9.17) is 4.98 Å². The molecule has 0 radical (unpaired) electrons. The molecule has 0 spiro atoms. The molecule has 3 N–H and O–H groups in total. The third kappa shape index (κ3) is 3.80. The van der Waals surface area contributed by atoms with Gasteiger partial charge in [-0.25, -0.2) is 15.0 Å². The molecule has 1 saturated heterocycles. The zero-order chi connectivity index (χ0) is 19.1. The molecule has 4 aromatic heterocycles. The number of aromatic amines is 1. The van der Waals surface area contributed by atoms with Crippen molar-refractivity contribution < 1.29 is 5.11 Å². The molecule has 0 unspecified atom stereocenters. The first-order valence-electron chi connectivity index (χ1n) is 9.08. The van der Waals surface area contributed by atoms with E-state index >= 15 is 0 Å². The number of fused-ring (bicyclic) bond motifs is 1. The van der Waals surface area contributed by atoms with Gasteiger partial charge in [0.2, 0.25) is 0 Å². The molecule has 1 aliphatic rings. The molecule has 0 saturated carbocycles. The van der Waals surface area contributed by atoms with Gasteiger partial charge in [0.05, 0.1) is 6.20 Å². The van der Waals surface area contributed by atoms with E-state index in [0.717, 1.165) is 51.9 Å². The summed E-state index contributed by atoms with van der Waals surface area (Å²) >= 11 is 3.05. The minimum atomic E-state index is 0. The maximum absolute atomic E-state index is 10.5. The molecule has 8 nitrogen and oxygen atoms in total. The fraction of sp³-hybridized carbons (Fsp3) is 0.333. The number of rotatable bonds is 4. The summed E-state index contributed by atoms with van der Waals surface area (Å²) in [6.07, 6.45) is 7.44. The summed E-state index contributed by atoms with van der Waals surface area (Å²) < 4.78 is 0. The Hall–Kier alpha value is -2.27. The Morgan fingerprint density at radius 1 is 1.10 bits per heavy atom. The second kappa shape index (κ2) is 8.23. The van der Waals surface area contributed by atoms with Crippen molar-refractivity contribution in [2.45, 2.75) is 18.9 Å². The number of thiazole rings is 2. The Kier molecular flexibility index (Phi) is 5.68. The van der Waals surface area contributed by atoms with Gasteiger partial charge in [-0.1, -0.05) is 22.7 Å². The number of nitrogens with zero attached hydrogens (tertiary/aromatic N) is 5. The molecule has 4 aromatic rings. The molecule has 5 heterocycles. The normalized spacial score (nSPS) is 14.8. The molecule has 0 atom stereocenters. The second-order valence-electron chi connectivity index (χ2n) is 6.80. The lowest BCUT2D eigenvalue weighted by atomic mass is 10.1. The van der Waals surface area contributed by atoms with E-state index in [2.05, 4.69) is 37.4 Å². The lowest BCUT2D eigenvalue weighted by Crippen LogP contribution is -2.41. The Morgan fingerprint density at radius 3 is 2.59 bits per heavy atom. The van der Waals surface area contributed by atoms with Crippen LogP contribution in [0.15, 0.2) is 24.7 Å². The summed E-state index contributed by atoms with van der Waals surface area (Å²) in [7, 11) is 2.11. The van der Waals surface area contributed by atoms with E-state index in [1.807, 2.05) is 0 Å². The highest BCUT2D eigenvalue weighted by Gasteiger charge is 2.22. The van der Waals surface area contributed by atoms with Crippen molar-refractivity contribution in [3.05, 3.63) is 24.7 Å². The van der Waals surface area contributed by atoms with E-state index in [1.165, 1.54) is 11.3 Å². The number of anilines is 1. The SMILES string of the molecule is CN(c1nc2sc(-c3ncc(-c4cn[nH]c4)cc3O)nc2s1)C1CCNCC1.Cl. The number of hydrogen-bond donors (Lipinski definition) is 3. The zero-order valence-electron chi connectivity index (χ0n) is 15.6. The van der Waals surface area contributed by atoms with Crippen LogP contribution >= 0.6 is 35.1 Å². The van der Waals surface area contributed by atoms with Crippen LogP contribution in [-0.2, 0) is 0 Å². The topological polar surface area (TPSA) is 103 Å². The quantitative estimate of drug-likeness (QED) is 0.438. The maximum Gasteiger partial charge on any atom is 0.188 e. The van der Waals surface area contributed by atoms with Gasteiger partial charge in [0.1, 0.15) is 16.5 Å². The second-order valence-corrected chi connectivity index (χ2v) is 8.73. The van der Waals surface area contributed by atoms with Gasteiger partial charge in [0, 0.05) is 36.6 Å². The Labute approximate surface area is 181 Å². The summed E-state index contributed by atoms with van der Waals surface area (Å²) in [5.41, 5.74) is 2.16. The number of H-pyrrole nitrogens is 1. The van der Waals surface area contributed by atoms with E-state index < -0.39 is 0 Å². The highest BCUT2D eigenvalue weighted by atomic mass is 35.5. The van der Waals surface area contributed by atoms with Gasteiger partial charge in [-0.2, -0.15) is 5.10 Å². The first-order valence-corrected chi connectivity index (χ1v) is 10.7. The zero-order valence-corrected chi connectivity index (χ0v) is 18.1. The van der Waals surface area contributed by atoms with Gasteiger partial charge in [0.25, 0.3) is 0 Å². The fourth-order valence-electron chi connectivity index (χ4n) is 3.42. The standard InChI is InChI=1S/C18H19N7OS2.ClH/c1-25(12-2-4-19-5-3-12)18-24-17-16(28-18)23-15(27-17)14-13(26)6-10(7-20-14)11-8-21-22-9-11;/h6-9,12,19,26H,2-5H2,1H3,(H,21,22);1H.